The van der Waals surface area contributed by atoms with E-state index in [9.17, 15) is 0 Å². The minimum atomic E-state index is -0.619. The Morgan fingerprint density at radius 3 is 1.97 bits per heavy atom. The maximum Gasteiger partial charge on any atom is 0.186 e. The smallest absolute Gasteiger partial charge is 0.186 e. The van der Waals surface area contributed by atoms with E-state index in [1.807, 2.05) is 84.9 Å². The van der Waals surface area contributed by atoms with Crippen molar-refractivity contribution in [1.29, 1.82) is 0 Å². The first-order valence-corrected chi connectivity index (χ1v) is 13.3. The molecule has 0 saturated carbocycles. The Hall–Kier alpha value is -2.84. The van der Waals surface area contributed by atoms with E-state index in [0.29, 0.717) is 26.4 Å². The van der Waals surface area contributed by atoms with Crippen LogP contribution in [0.25, 0.3) is 0 Å². The van der Waals surface area contributed by atoms with Crippen LogP contribution < -0.4 is 0 Å². The van der Waals surface area contributed by atoms with Crippen LogP contribution >= 0.6 is 0 Å². The Balaban J connectivity index is 1.39. The third kappa shape index (κ3) is 6.97. The van der Waals surface area contributed by atoms with Crippen molar-refractivity contribution in [3.8, 4) is 0 Å². The maximum absolute atomic E-state index is 6.60. The number of allylic oxidation sites excluding steroid dienone is 1. The van der Waals surface area contributed by atoms with Gasteiger partial charge in [-0.1, -0.05) is 97.1 Å². The van der Waals surface area contributed by atoms with Crippen LogP contribution in [0.1, 0.15) is 35.8 Å². The number of fused-ring (bicyclic) bond motifs is 1. The number of rotatable bonds is 12. The molecule has 2 aliphatic heterocycles. The molecule has 5 rings (SSSR count). The van der Waals surface area contributed by atoms with Gasteiger partial charge in [0.25, 0.3) is 0 Å². The van der Waals surface area contributed by atoms with Crippen molar-refractivity contribution in [3.63, 3.8) is 0 Å². The lowest BCUT2D eigenvalue weighted by Crippen LogP contribution is -2.63. The summed E-state index contributed by atoms with van der Waals surface area (Å²) in [4.78, 5) is 0. The van der Waals surface area contributed by atoms with E-state index in [0.717, 1.165) is 29.5 Å². The number of hydrogen-bond donors (Lipinski definition) is 0. The summed E-state index contributed by atoms with van der Waals surface area (Å²) < 4.78 is 38.4. The Morgan fingerprint density at radius 1 is 0.737 bits per heavy atom. The van der Waals surface area contributed by atoms with Crippen LogP contribution in [0.4, 0.5) is 0 Å². The Kier molecular flexibility index (Phi) is 9.72. The van der Waals surface area contributed by atoms with Crippen molar-refractivity contribution < 1.29 is 28.4 Å². The highest BCUT2D eigenvalue weighted by molar-refractivity contribution is 5.17. The summed E-state index contributed by atoms with van der Waals surface area (Å²) in [5, 5.41) is 0. The molecule has 0 radical (unpaired) electrons. The van der Waals surface area contributed by atoms with Crippen molar-refractivity contribution in [2.75, 3.05) is 13.2 Å². The summed E-state index contributed by atoms with van der Waals surface area (Å²) in [5.74, 6) is 0. The Labute approximate surface area is 225 Å². The van der Waals surface area contributed by atoms with Crippen LogP contribution in [0.5, 0.6) is 0 Å². The summed E-state index contributed by atoms with van der Waals surface area (Å²) in [6.07, 6.45) is 0.797. The number of benzene rings is 3. The van der Waals surface area contributed by atoms with Gasteiger partial charge in [0.2, 0.25) is 0 Å². The molecule has 2 fully saturated rings. The molecule has 6 heteroatoms. The summed E-state index contributed by atoms with van der Waals surface area (Å²) in [7, 11) is 0. The van der Waals surface area contributed by atoms with Gasteiger partial charge in [0.15, 0.2) is 12.6 Å². The molecule has 1 unspecified atom stereocenters. The first-order valence-electron chi connectivity index (χ1n) is 13.3. The van der Waals surface area contributed by atoms with Gasteiger partial charge in [-0.15, -0.1) is 6.58 Å². The average molecular weight is 517 g/mol. The fraction of sp³-hybridized carbons (Fsp3) is 0.375. The van der Waals surface area contributed by atoms with Gasteiger partial charge in [0.05, 0.1) is 26.4 Å². The molecular formula is C32H36O6. The zero-order valence-corrected chi connectivity index (χ0v) is 21.6. The normalized spacial score (nSPS) is 26.9. The van der Waals surface area contributed by atoms with Gasteiger partial charge in [-0.2, -0.15) is 0 Å². The molecule has 3 aromatic carbocycles. The van der Waals surface area contributed by atoms with E-state index in [1.165, 1.54) is 0 Å². The second kappa shape index (κ2) is 13.8. The molecule has 2 saturated heterocycles. The molecule has 0 aliphatic carbocycles. The van der Waals surface area contributed by atoms with Crippen molar-refractivity contribution in [1.82, 2.24) is 0 Å². The van der Waals surface area contributed by atoms with E-state index in [-0.39, 0.29) is 6.10 Å². The predicted molar refractivity (Wildman–Crippen MR) is 144 cm³/mol. The van der Waals surface area contributed by atoms with E-state index in [2.05, 4.69) is 18.7 Å². The summed E-state index contributed by atoms with van der Waals surface area (Å²) in [6, 6.07) is 30.2. The molecule has 6 atom stereocenters. The monoisotopic (exact) mass is 516 g/mol. The Morgan fingerprint density at radius 2 is 1.34 bits per heavy atom. The minimum Gasteiger partial charge on any atom is -0.368 e. The van der Waals surface area contributed by atoms with Gasteiger partial charge in [-0.05, 0) is 24.0 Å². The van der Waals surface area contributed by atoms with Crippen molar-refractivity contribution in [3.05, 3.63) is 120 Å². The van der Waals surface area contributed by atoms with E-state index in [4.69, 9.17) is 28.4 Å². The summed E-state index contributed by atoms with van der Waals surface area (Å²) >= 11 is 0. The molecule has 6 nitrogen and oxygen atoms in total. The lowest BCUT2D eigenvalue weighted by molar-refractivity contribution is -0.372. The van der Waals surface area contributed by atoms with E-state index < -0.39 is 30.9 Å². The van der Waals surface area contributed by atoms with Crippen LogP contribution in [-0.4, -0.2) is 43.9 Å². The highest BCUT2D eigenvalue weighted by atomic mass is 16.8. The highest BCUT2D eigenvalue weighted by Crippen LogP contribution is 2.37. The number of ether oxygens (including phenoxy) is 6. The lowest BCUT2D eigenvalue weighted by atomic mass is 9.97. The SMILES string of the molecule is C=CCCCO[C@H]1O[C@@H]2COC(c3ccccc3)O[C@H]2[C@H](OCc2ccccc2)[C@H]1OCc1ccccc1. The third-order valence-electron chi connectivity index (χ3n) is 6.76. The predicted octanol–water partition coefficient (Wildman–Crippen LogP) is 5.98. The van der Waals surface area contributed by atoms with Gasteiger partial charge >= 0.3 is 0 Å². The molecule has 200 valence electrons. The number of unbranched alkanes of at least 4 members (excludes halogenated alkanes) is 1. The summed E-state index contributed by atoms with van der Waals surface area (Å²) in [5.41, 5.74) is 3.10. The molecule has 0 N–H and O–H groups in total. The van der Waals surface area contributed by atoms with Crippen LogP contribution in [0.15, 0.2) is 104 Å². The van der Waals surface area contributed by atoms with Crippen molar-refractivity contribution in [2.24, 2.45) is 0 Å². The molecule has 2 heterocycles. The topological polar surface area (TPSA) is 55.4 Å². The molecule has 38 heavy (non-hydrogen) atoms. The highest BCUT2D eigenvalue weighted by Gasteiger charge is 2.51. The van der Waals surface area contributed by atoms with Crippen molar-refractivity contribution in [2.45, 2.75) is 63.1 Å². The Bertz CT molecular complexity index is 1090. The zero-order chi connectivity index (χ0) is 26.0. The standard InChI is InChI=1S/C32H36O6/c1-2-3-13-20-33-32-30(35-22-25-16-9-5-10-17-25)29(34-21-24-14-7-4-8-15-24)28-27(37-32)23-36-31(38-28)26-18-11-6-12-19-26/h2,4-12,14-19,27-32H,1,3,13,20-23H2/t27-,28-,29+,30-,31?,32+/m1/s1. The van der Waals surface area contributed by atoms with Gasteiger partial charge in [-0.3, -0.25) is 0 Å². The maximum atomic E-state index is 6.60. The molecule has 2 aliphatic rings. The zero-order valence-electron chi connectivity index (χ0n) is 21.6. The van der Waals surface area contributed by atoms with E-state index >= 15 is 0 Å². The van der Waals surface area contributed by atoms with E-state index in [1.54, 1.807) is 0 Å². The van der Waals surface area contributed by atoms with Gasteiger partial charge < -0.3 is 28.4 Å². The first-order chi connectivity index (χ1) is 18.8. The average Bonchev–Trinajstić information content (AvgIpc) is 2.98. The fourth-order valence-corrected chi connectivity index (χ4v) is 4.79. The van der Waals surface area contributed by atoms with Crippen molar-refractivity contribution >= 4 is 0 Å². The van der Waals surface area contributed by atoms with Crippen LogP contribution in [-0.2, 0) is 41.6 Å². The quantitative estimate of drug-likeness (QED) is 0.218. The molecule has 3 aromatic rings. The van der Waals surface area contributed by atoms with Gasteiger partial charge in [0.1, 0.15) is 24.4 Å². The lowest BCUT2D eigenvalue weighted by Gasteiger charge is -2.49. The molecule has 0 aromatic heterocycles. The summed E-state index contributed by atoms with van der Waals surface area (Å²) in [6.45, 7) is 5.53. The fourth-order valence-electron chi connectivity index (χ4n) is 4.79. The second-order valence-corrected chi connectivity index (χ2v) is 9.54. The largest absolute Gasteiger partial charge is 0.368 e. The molecule has 0 amide bonds. The minimum absolute atomic E-state index is 0.350. The van der Waals surface area contributed by atoms with Crippen LogP contribution in [0, 0.1) is 0 Å². The van der Waals surface area contributed by atoms with Crippen LogP contribution in [0.2, 0.25) is 0 Å². The molecular weight excluding hydrogens is 480 g/mol. The second-order valence-electron chi connectivity index (χ2n) is 9.54. The molecule has 0 bridgehead atoms. The first kappa shape index (κ1) is 26.8. The van der Waals surface area contributed by atoms with Gasteiger partial charge in [0, 0.05) is 5.56 Å². The van der Waals surface area contributed by atoms with Crippen LogP contribution in [0.3, 0.4) is 0 Å². The molecule has 0 spiro atoms. The van der Waals surface area contributed by atoms with Gasteiger partial charge in [-0.25, -0.2) is 0 Å². The third-order valence-corrected chi connectivity index (χ3v) is 6.76. The number of hydrogen-bond acceptors (Lipinski definition) is 6.